The van der Waals surface area contributed by atoms with Crippen LogP contribution in [0.3, 0.4) is 0 Å². The third-order valence-corrected chi connectivity index (χ3v) is 9.11. The van der Waals surface area contributed by atoms with Crippen LogP contribution in [-0.2, 0) is 20.6 Å². The summed E-state index contributed by atoms with van der Waals surface area (Å²) in [4.78, 5) is 14.5. The summed E-state index contributed by atoms with van der Waals surface area (Å²) in [5.41, 5.74) is 2.94. The van der Waals surface area contributed by atoms with Gasteiger partial charge in [0.1, 0.15) is 5.75 Å². The number of sulfonamides is 1. The van der Waals surface area contributed by atoms with E-state index in [9.17, 15) is 13.2 Å². The van der Waals surface area contributed by atoms with Gasteiger partial charge < -0.3 is 10.1 Å². The second-order valence-corrected chi connectivity index (χ2v) is 11.6. The summed E-state index contributed by atoms with van der Waals surface area (Å²) in [6.07, 6.45) is 1.30. The Labute approximate surface area is 211 Å². The van der Waals surface area contributed by atoms with Crippen molar-refractivity contribution in [1.82, 2.24) is 4.31 Å². The van der Waals surface area contributed by atoms with Gasteiger partial charge in [-0.15, -0.1) is 11.8 Å². The first-order chi connectivity index (χ1) is 16.9. The van der Waals surface area contributed by atoms with E-state index in [0.717, 1.165) is 17.0 Å². The normalized spacial score (nSPS) is 16.6. The Bertz CT molecular complexity index is 1260. The highest BCUT2D eigenvalue weighted by Crippen LogP contribution is 2.28. The van der Waals surface area contributed by atoms with Gasteiger partial charge >= 0.3 is 0 Å². The lowest BCUT2D eigenvalue weighted by Crippen LogP contribution is -2.43. The molecule has 1 heterocycles. The second-order valence-electron chi connectivity index (χ2n) is 8.62. The molecule has 184 valence electrons. The van der Waals surface area contributed by atoms with E-state index in [1.54, 1.807) is 36.0 Å². The fourth-order valence-corrected chi connectivity index (χ4v) is 6.53. The number of anilines is 1. The molecule has 0 saturated carbocycles. The van der Waals surface area contributed by atoms with E-state index in [0.29, 0.717) is 25.1 Å². The maximum absolute atomic E-state index is 13.1. The molecule has 3 aromatic rings. The second kappa shape index (κ2) is 11.3. The van der Waals surface area contributed by atoms with Crippen molar-refractivity contribution < 1.29 is 17.9 Å². The zero-order valence-corrected chi connectivity index (χ0v) is 21.6. The maximum Gasteiger partial charge on any atom is 0.243 e. The van der Waals surface area contributed by atoms with Crippen molar-refractivity contribution in [2.75, 3.05) is 25.5 Å². The van der Waals surface area contributed by atoms with Crippen LogP contribution in [0.5, 0.6) is 5.75 Å². The van der Waals surface area contributed by atoms with Gasteiger partial charge in [-0.05, 0) is 73.4 Å². The van der Waals surface area contributed by atoms with Gasteiger partial charge in [0.15, 0.2) is 0 Å². The van der Waals surface area contributed by atoms with Gasteiger partial charge in [0.05, 0.1) is 17.9 Å². The first-order valence-corrected chi connectivity index (χ1v) is 14.0. The lowest BCUT2D eigenvalue weighted by Gasteiger charge is -2.31. The topological polar surface area (TPSA) is 75.7 Å². The van der Waals surface area contributed by atoms with Crippen molar-refractivity contribution in [3.8, 4) is 5.75 Å². The molecule has 8 heteroatoms. The first kappa shape index (κ1) is 25.3. The van der Waals surface area contributed by atoms with E-state index in [-0.39, 0.29) is 17.3 Å². The van der Waals surface area contributed by atoms with Gasteiger partial charge in [0.2, 0.25) is 15.9 Å². The van der Waals surface area contributed by atoms with Crippen LogP contribution in [0.4, 0.5) is 5.69 Å². The number of aryl methyl sites for hydroxylation is 1. The number of methoxy groups -OCH3 is 1. The van der Waals surface area contributed by atoms with Gasteiger partial charge in [-0.1, -0.05) is 30.3 Å². The van der Waals surface area contributed by atoms with E-state index in [2.05, 4.69) is 23.5 Å². The number of benzene rings is 3. The van der Waals surface area contributed by atoms with E-state index < -0.39 is 15.9 Å². The maximum atomic E-state index is 13.1. The Morgan fingerprint density at radius 3 is 2.51 bits per heavy atom. The van der Waals surface area contributed by atoms with Crippen molar-refractivity contribution in [1.29, 1.82) is 0 Å². The standard InChI is InChI=1S/C27H30N2O4S2/c1-20-17-21(19-34-24-8-4-3-5-9-24)10-15-26(20)28-27(30)22-7-6-16-29(18-22)35(31,32)25-13-11-23(33-2)12-14-25/h3-5,8-15,17,22H,6-7,16,18-19H2,1-2H3,(H,28,30)/t22-/m0/s1. The summed E-state index contributed by atoms with van der Waals surface area (Å²) < 4.78 is 32.8. The zero-order chi connectivity index (χ0) is 24.8. The number of thioether (sulfide) groups is 1. The number of rotatable bonds is 8. The highest BCUT2D eigenvalue weighted by molar-refractivity contribution is 7.98. The molecule has 1 N–H and O–H groups in total. The SMILES string of the molecule is COc1ccc(S(=O)(=O)N2CCC[C@H](C(=O)Nc3ccc(CSc4ccccc4)cc3C)C2)cc1. The average Bonchev–Trinajstić information content (AvgIpc) is 2.89. The fraction of sp³-hybridized carbons (Fsp3) is 0.296. The van der Waals surface area contributed by atoms with E-state index in [4.69, 9.17) is 4.74 Å². The number of nitrogens with zero attached hydrogens (tertiary/aromatic N) is 1. The van der Waals surface area contributed by atoms with Crippen LogP contribution in [-0.4, -0.2) is 38.8 Å². The molecule has 0 unspecified atom stereocenters. The summed E-state index contributed by atoms with van der Waals surface area (Å²) in [5.74, 6) is 0.901. The molecule has 1 aliphatic heterocycles. The summed E-state index contributed by atoms with van der Waals surface area (Å²) in [6, 6.07) is 22.6. The Balaban J connectivity index is 1.38. The predicted octanol–water partition coefficient (Wildman–Crippen LogP) is 5.34. The van der Waals surface area contributed by atoms with Crippen LogP contribution >= 0.6 is 11.8 Å². The molecule has 35 heavy (non-hydrogen) atoms. The number of carbonyl (C=O) groups excluding carboxylic acids is 1. The smallest absolute Gasteiger partial charge is 0.243 e. The number of carbonyl (C=O) groups is 1. The molecule has 1 amide bonds. The number of hydrogen-bond donors (Lipinski definition) is 1. The number of nitrogens with one attached hydrogen (secondary N) is 1. The van der Waals surface area contributed by atoms with E-state index in [1.165, 1.54) is 21.9 Å². The summed E-state index contributed by atoms with van der Waals surface area (Å²) in [7, 11) is -2.14. The molecule has 0 aliphatic carbocycles. The van der Waals surface area contributed by atoms with Gasteiger partial charge in [-0.2, -0.15) is 4.31 Å². The number of piperidine rings is 1. The molecule has 0 radical (unpaired) electrons. The van der Waals surface area contributed by atoms with Crippen molar-refractivity contribution in [2.45, 2.75) is 35.3 Å². The van der Waals surface area contributed by atoms with Gasteiger partial charge in [-0.3, -0.25) is 4.79 Å². The molecule has 6 nitrogen and oxygen atoms in total. The zero-order valence-electron chi connectivity index (χ0n) is 19.9. The van der Waals surface area contributed by atoms with Crippen LogP contribution in [0.1, 0.15) is 24.0 Å². The van der Waals surface area contributed by atoms with Crippen molar-refractivity contribution in [3.63, 3.8) is 0 Å². The Morgan fingerprint density at radius 1 is 1.09 bits per heavy atom. The largest absolute Gasteiger partial charge is 0.497 e. The Hall–Kier alpha value is -2.81. The molecule has 4 rings (SSSR count). The molecular weight excluding hydrogens is 480 g/mol. The van der Waals surface area contributed by atoms with E-state index in [1.807, 2.05) is 37.3 Å². The number of ether oxygens (including phenoxy) is 1. The molecule has 0 aromatic heterocycles. The van der Waals surface area contributed by atoms with Gasteiger partial charge in [0, 0.05) is 29.4 Å². The highest BCUT2D eigenvalue weighted by Gasteiger charge is 2.33. The lowest BCUT2D eigenvalue weighted by atomic mass is 9.98. The van der Waals surface area contributed by atoms with Crippen molar-refractivity contribution in [2.24, 2.45) is 5.92 Å². The van der Waals surface area contributed by atoms with Crippen LogP contribution in [0.25, 0.3) is 0 Å². The number of hydrogen-bond acceptors (Lipinski definition) is 5. The minimum atomic E-state index is -3.67. The monoisotopic (exact) mass is 510 g/mol. The third kappa shape index (κ3) is 6.25. The van der Waals surface area contributed by atoms with Crippen LogP contribution in [0.2, 0.25) is 0 Å². The van der Waals surface area contributed by atoms with Crippen LogP contribution < -0.4 is 10.1 Å². The molecule has 1 fully saturated rings. The van der Waals surface area contributed by atoms with Crippen LogP contribution in [0, 0.1) is 12.8 Å². The van der Waals surface area contributed by atoms with E-state index >= 15 is 0 Å². The van der Waals surface area contributed by atoms with Gasteiger partial charge in [0.25, 0.3) is 0 Å². The molecule has 3 aromatic carbocycles. The molecule has 1 saturated heterocycles. The quantitative estimate of drug-likeness (QED) is 0.414. The van der Waals surface area contributed by atoms with Crippen molar-refractivity contribution in [3.05, 3.63) is 83.9 Å². The Kier molecular flexibility index (Phi) is 8.15. The van der Waals surface area contributed by atoms with Crippen molar-refractivity contribution >= 4 is 33.4 Å². The van der Waals surface area contributed by atoms with Gasteiger partial charge in [-0.25, -0.2) is 8.42 Å². The number of amides is 1. The summed E-state index contributed by atoms with van der Waals surface area (Å²) in [5, 5.41) is 3.02. The third-order valence-electron chi connectivity index (χ3n) is 6.15. The highest BCUT2D eigenvalue weighted by atomic mass is 32.2. The minimum Gasteiger partial charge on any atom is -0.497 e. The summed E-state index contributed by atoms with van der Waals surface area (Å²) >= 11 is 1.77. The predicted molar refractivity (Wildman–Crippen MR) is 140 cm³/mol. The molecule has 1 atom stereocenters. The lowest BCUT2D eigenvalue weighted by molar-refractivity contribution is -0.120. The minimum absolute atomic E-state index is 0.144. The summed E-state index contributed by atoms with van der Waals surface area (Å²) in [6.45, 7) is 2.56. The fourth-order valence-electron chi connectivity index (χ4n) is 4.15. The molecule has 0 spiro atoms. The van der Waals surface area contributed by atoms with Crippen LogP contribution in [0.15, 0.2) is 82.6 Å². The average molecular weight is 511 g/mol. The molecule has 0 bridgehead atoms. The molecule has 1 aliphatic rings. The molecular formula is C27H30N2O4S2. The Morgan fingerprint density at radius 2 is 1.83 bits per heavy atom. The first-order valence-electron chi connectivity index (χ1n) is 11.6.